The molecule has 4 aromatic rings. The molecule has 2 N–H and O–H groups in total. The molecule has 1 aliphatic carbocycles. The molecule has 0 bridgehead atoms. The molecule has 2 heterocycles. The molecule has 0 spiro atoms. The van der Waals surface area contributed by atoms with E-state index in [1.54, 1.807) is 0 Å². The molecule has 34 heavy (non-hydrogen) atoms. The van der Waals surface area contributed by atoms with Crippen LogP contribution in [0.5, 0.6) is 17.2 Å². The molecule has 1 saturated carbocycles. The summed E-state index contributed by atoms with van der Waals surface area (Å²) in [6, 6.07) is 12.2. The number of nitrogens with zero attached hydrogens (tertiary/aromatic N) is 3. The molecular weight excluding hydrogens is 450 g/mol. The maximum absolute atomic E-state index is 13.1. The second kappa shape index (κ2) is 9.80. The summed E-state index contributed by atoms with van der Waals surface area (Å²) in [4.78, 5) is 13.5. The number of hydrogen-bond acceptors (Lipinski definition) is 7. The van der Waals surface area contributed by atoms with E-state index in [4.69, 9.17) is 9.47 Å². The predicted molar refractivity (Wildman–Crippen MR) is 132 cm³/mol. The number of nitrogens with one attached hydrogen (secondary N) is 2. The van der Waals surface area contributed by atoms with Crippen LogP contribution in [0.4, 0.5) is 5.95 Å². The van der Waals surface area contributed by atoms with Crippen LogP contribution in [0.1, 0.15) is 65.7 Å². The molecule has 1 fully saturated rings. The fourth-order valence-electron chi connectivity index (χ4n) is 4.50. The van der Waals surface area contributed by atoms with Crippen molar-refractivity contribution >= 4 is 33.3 Å². The molecule has 0 saturated heterocycles. The van der Waals surface area contributed by atoms with Gasteiger partial charge in [0, 0.05) is 10.1 Å². The highest BCUT2D eigenvalue weighted by Gasteiger charge is 2.23. The Bertz CT molecular complexity index is 1280. The molecule has 8 nitrogen and oxygen atoms in total. The van der Waals surface area contributed by atoms with Crippen molar-refractivity contribution in [2.45, 2.75) is 51.9 Å². The van der Waals surface area contributed by atoms with E-state index in [0.717, 1.165) is 21.4 Å². The minimum atomic E-state index is -0.355. The first-order chi connectivity index (χ1) is 16.6. The molecule has 2 aromatic heterocycles. The van der Waals surface area contributed by atoms with Crippen LogP contribution in [-0.4, -0.2) is 33.1 Å². The zero-order valence-electron chi connectivity index (χ0n) is 19.3. The maximum atomic E-state index is 13.1. The number of H-pyrrole nitrogens is 1. The van der Waals surface area contributed by atoms with Crippen LogP contribution in [-0.2, 0) is 0 Å². The van der Waals surface area contributed by atoms with Crippen LogP contribution in [0.2, 0.25) is 0 Å². The van der Waals surface area contributed by atoms with Gasteiger partial charge >= 0.3 is 0 Å². The summed E-state index contributed by atoms with van der Waals surface area (Å²) in [5, 5.41) is 17.0. The number of ether oxygens (including phenoxy) is 2. The number of aromatic nitrogens is 4. The second-order valence-corrected chi connectivity index (χ2v) is 9.55. The van der Waals surface area contributed by atoms with E-state index >= 15 is 0 Å². The van der Waals surface area contributed by atoms with Crippen molar-refractivity contribution in [3.05, 3.63) is 52.4 Å². The zero-order valence-corrected chi connectivity index (χ0v) is 20.1. The van der Waals surface area contributed by atoms with E-state index in [9.17, 15) is 4.79 Å². The first kappa shape index (κ1) is 22.3. The van der Waals surface area contributed by atoms with Gasteiger partial charge in [-0.2, -0.15) is 5.21 Å². The Balaban J connectivity index is 1.50. The summed E-state index contributed by atoms with van der Waals surface area (Å²) in [5.41, 5.74) is 2.36. The average Bonchev–Trinajstić information content (AvgIpc) is 3.49. The van der Waals surface area contributed by atoms with E-state index in [2.05, 4.69) is 38.1 Å². The minimum Gasteiger partial charge on any atom is -0.494 e. The fourth-order valence-corrected chi connectivity index (χ4v) is 5.60. The highest BCUT2D eigenvalue weighted by molar-refractivity contribution is 7.21. The number of fused-ring (bicyclic) bond motifs is 1. The number of thiophene rings is 1. The van der Waals surface area contributed by atoms with Crippen LogP contribution < -0.4 is 14.8 Å². The van der Waals surface area contributed by atoms with Gasteiger partial charge in [-0.25, -0.2) is 0 Å². The van der Waals surface area contributed by atoms with Gasteiger partial charge in [0.15, 0.2) is 5.75 Å². The van der Waals surface area contributed by atoms with E-state index in [1.807, 2.05) is 38.1 Å². The number of carbonyl (C=O) groups is 1. The summed E-state index contributed by atoms with van der Waals surface area (Å²) in [7, 11) is 0. The number of amides is 1. The molecule has 0 atom stereocenters. The van der Waals surface area contributed by atoms with Gasteiger partial charge < -0.3 is 9.47 Å². The topological polar surface area (TPSA) is 102 Å². The SMILES string of the molecule is CCOc1cc2c(Oc3ccc(C4CCCCC4)cc3)c(C(=O)Nc3nn[nH]n3)sc2cc1C. The predicted octanol–water partition coefficient (Wildman–Crippen LogP) is 6.21. The number of aryl methyl sites for hydroxylation is 1. The van der Waals surface area contributed by atoms with E-state index in [1.165, 1.54) is 49.0 Å². The summed E-state index contributed by atoms with van der Waals surface area (Å²) >= 11 is 1.36. The lowest BCUT2D eigenvalue weighted by Gasteiger charge is -2.22. The highest BCUT2D eigenvalue weighted by atomic mass is 32.1. The second-order valence-electron chi connectivity index (χ2n) is 8.50. The van der Waals surface area contributed by atoms with Crippen LogP contribution in [0.3, 0.4) is 0 Å². The normalized spacial score (nSPS) is 14.3. The summed E-state index contributed by atoms with van der Waals surface area (Å²) in [5.74, 6) is 2.33. The molecule has 0 radical (unpaired) electrons. The van der Waals surface area contributed by atoms with Gasteiger partial charge in [0.25, 0.3) is 11.9 Å². The first-order valence-electron chi connectivity index (χ1n) is 11.6. The largest absolute Gasteiger partial charge is 0.494 e. The van der Waals surface area contributed by atoms with E-state index < -0.39 is 0 Å². The molecule has 1 amide bonds. The minimum absolute atomic E-state index is 0.108. The Hall–Kier alpha value is -3.46. The Morgan fingerprint density at radius 3 is 2.68 bits per heavy atom. The van der Waals surface area contributed by atoms with E-state index in [-0.39, 0.29) is 11.9 Å². The maximum Gasteiger partial charge on any atom is 0.272 e. The van der Waals surface area contributed by atoms with Crippen LogP contribution in [0.25, 0.3) is 10.1 Å². The molecule has 0 unspecified atom stereocenters. The van der Waals surface area contributed by atoms with Crippen molar-refractivity contribution in [1.82, 2.24) is 20.6 Å². The number of aromatic amines is 1. The van der Waals surface area contributed by atoms with Crippen molar-refractivity contribution in [3.63, 3.8) is 0 Å². The van der Waals surface area contributed by atoms with Gasteiger partial charge in [-0.05, 0) is 73.2 Å². The number of rotatable bonds is 7. The van der Waals surface area contributed by atoms with Crippen molar-refractivity contribution in [1.29, 1.82) is 0 Å². The third-order valence-electron chi connectivity index (χ3n) is 6.19. The van der Waals surface area contributed by atoms with Gasteiger partial charge in [-0.1, -0.05) is 36.5 Å². The monoisotopic (exact) mass is 477 g/mol. The average molecular weight is 478 g/mol. The van der Waals surface area contributed by atoms with Gasteiger partial charge in [0.05, 0.1) is 6.61 Å². The molecule has 9 heteroatoms. The van der Waals surface area contributed by atoms with Gasteiger partial charge in [0.2, 0.25) is 0 Å². The number of benzene rings is 2. The lowest BCUT2D eigenvalue weighted by atomic mass is 9.84. The van der Waals surface area contributed by atoms with Crippen molar-refractivity contribution in [2.24, 2.45) is 0 Å². The highest BCUT2D eigenvalue weighted by Crippen LogP contribution is 2.43. The third-order valence-corrected chi connectivity index (χ3v) is 7.33. The molecule has 5 rings (SSSR count). The van der Waals surface area contributed by atoms with Gasteiger partial charge in [-0.3, -0.25) is 10.1 Å². The number of tetrazole rings is 1. The molecule has 176 valence electrons. The summed E-state index contributed by atoms with van der Waals surface area (Å²) in [6.45, 7) is 4.50. The lowest BCUT2D eigenvalue weighted by Crippen LogP contribution is -2.12. The van der Waals surface area contributed by atoms with Crippen LogP contribution in [0.15, 0.2) is 36.4 Å². The lowest BCUT2D eigenvalue weighted by molar-refractivity contribution is 0.102. The number of hydrogen-bond donors (Lipinski definition) is 2. The Labute approximate surface area is 201 Å². The Morgan fingerprint density at radius 2 is 1.97 bits per heavy atom. The van der Waals surface area contributed by atoms with E-state index in [0.29, 0.717) is 28.9 Å². The Kier molecular flexibility index (Phi) is 6.44. The van der Waals surface area contributed by atoms with Crippen molar-refractivity contribution < 1.29 is 14.3 Å². The Morgan fingerprint density at radius 1 is 1.18 bits per heavy atom. The quantitative estimate of drug-likeness (QED) is 0.328. The van der Waals surface area contributed by atoms with Crippen LogP contribution >= 0.6 is 11.3 Å². The standard InChI is InChI=1S/C25H27N5O3S/c1-3-32-20-14-19-21(13-15(20)2)34-23(24(31)26-25-27-29-30-28-25)22(19)33-18-11-9-17(10-12-18)16-7-5-4-6-8-16/h9-14,16H,3-8H2,1-2H3,(H2,26,27,28,29,30,31). The zero-order chi connectivity index (χ0) is 23.5. The first-order valence-corrected chi connectivity index (χ1v) is 12.5. The molecule has 0 aliphatic heterocycles. The summed E-state index contributed by atoms with van der Waals surface area (Å²) < 4.78 is 13.1. The number of anilines is 1. The summed E-state index contributed by atoms with van der Waals surface area (Å²) in [6.07, 6.45) is 6.42. The number of carbonyl (C=O) groups excluding carboxylic acids is 1. The fraction of sp³-hybridized carbons (Fsp3) is 0.360. The molecule has 1 aliphatic rings. The smallest absolute Gasteiger partial charge is 0.272 e. The third kappa shape index (κ3) is 4.61. The van der Waals surface area contributed by atoms with Gasteiger partial charge in [0.1, 0.15) is 16.4 Å². The van der Waals surface area contributed by atoms with Crippen LogP contribution in [0, 0.1) is 6.92 Å². The molecule has 2 aromatic carbocycles. The van der Waals surface area contributed by atoms with Crippen molar-refractivity contribution in [2.75, 3.05) is 11.9 Å². The molecular formula is C25H27N5O3S. The van der Waals surface area contributed by atoms with Gasteiger partial charge in [-0.15, -0.1) is 16.4 Å². The van der Waals surface area contributed by atoms with Crippen molar-refractivity contribution in [3.8, 4) is 17.2 Å².